The van der Waals surface area contributed by atoms with E-state index >= 15 is 0 Å². The Hall–Kier alpha value is -1.35. The van der Waals surface area contributed by atoms with Gasteiger partial charge in [0.25, 0.3) is 0 Å². The van der Waals surface area contributed by atoms with Crippen LogP contribution in [0, 0.1) is 6.92 Å². The second-order valence-corrected chi connectivity index (χ2v) is 4.35. The first-order valence-corrected chi connectivity index (χ1v) is 5.11. The van der Waals surface area contributed by atoms with Crippen LogP contribution in [-0.4, -0.2) is 13.1 Å². The SMILES string of the molecule is COC(=O)c1cccc2sc(C)cc12. The minimum Gasteiger partial charge on any atom is -0.465 e. The van der Waals surface area contributed by atoms with Crippen LogP contribution in [0.4, 0.5) is 0 Å². The van der Waals surface area contributed by atoms with Gasteiger partial charge in [-0.3, -0.25) is 0 Å². The van der Waals surface area contributed by atoms with Crippen molar-refractivity contribution in [2.24, 2.45) is 0 Å². The van der Waals surface area contributed by atoms with Crippen molar-refractivity contribution in [1.29, 1.82) is 0 Å². The van der Waals surface area contributed by atoms with Crippen molar-refractivity contribution in [2.75, 3.05) is 7.11 Å². The molecule has 0 aliphatic carbocycles. The summed E-state index contributed by atoms with van der Waals surface area (Å²) in [5.74, 6) is -0.270. The zero-order valence-electron chi connectivity index (χ0n) is 8.03. The smallest absolute Gasteiger partial charge is 0.338 e. The van der Waals surface area contributed by atoms with Crippen LogP contribution in [0.15, 0.2) is 24.3 Å². The van der Waals surface area contributed by atoms with Crippen molar-refractivity contribution in [1.82, 2.24) is 0 Å². The molecule has 2 rings (SSSR count). The van der Waals surface area contributed by atoms with Crippen LogP contribution < -0.4 is 0 Å². The van der Waals surface area contributed by atoms with Gasteiger partial charge in [-0.15, -0.1) is 11.3 Å². The summed E-state index contributed by atoms with van der Waals surface area (Å²) in [5.41, 5.74) is 0.648. The number of methoxy groups -OCH3 is 1. The molecule has 0 saturated carbocycles. The van der Waals surface area contributed by atoms with Crippen LogP contribution in [0.2, 0.25) is 0 Å². The molecule has 0 N–H and O–H groups in total. The van der Waals surface area contributed by atoms with Crippen LogP contribution in [-0.2, 0) is 4.74 Å². The van der Waals surface area contributed by atoms with Gasteiger partial charge in [-0.05, 0) is 25.1 Å². The van der Waals surface area contributed by atoms with E-state index in [2.05, 4.69) is 0 Å². The monoisotopic (exact) mass is 206 g/mol. The third-order valence-corrected chi connectivity index (χ3v) is 3.11. The zero-order chi connectivity index (χ0) is 10.1. The quantitative estimate of drug-likeness (QED) is 0.670. The third kappa shape index (κ3) is 1.40. The van der Waals surface area contributed by atoms with Crippen LogP contribution in [0.1, 0.15) is 15.2 Å². The Morgan fingerprint density at radius 2 is 2.21 bits per heavy atom. The van der Waals surface area contributed by atoms with Gasteiger partial charge in [-0.25, -0.2) is 4.79 Å². The summed E-state index contributed by atoms with van der Waals surface area (Å²) in [6.45, 7) is 2.03. The van der Waals surface area contributed by atoms with Gasteiger partial charge in [0.15, 0.2) is 0 Å². The molecule has 72 valence electrons. The van der Waals surface area contributed by atoms with Crippen molar-refractivity contribution >= 4 is 27.4 Å². The number of carbonyl (C=O) groups is 1. The normalized spacial score (nSPS) is 10.4. The van der Waals surface area contributed by atoms with E-state index in [0.717, 1.165) is 10.1 Å². The zero-order valence-corrected chi connectivity index (χ0v) is 8.85. The molecule has 0 bridgehead atoms. The summed E-state index contributed by atoms with van der Waals surface area (Å²) in [5, 5.41) is 0.988. The molecule has 0 spiro atoms. The Balaban J connectivity index is 2.70. The van der Waals surface area contributed by atoms with Crippen molar-refractivity contribution in [3.63, 3.8) is 0 Å². The lowest BCUT2D eigenvalue weighted by atomic mass is 10.1. The second kappa shape index (κ2) is 3.42. The molecular formula is C11H10O2S. The second-order valence-electron chi connectivity index (χ2n) is 3.07. The maximum absolute atomic E-state index is 11.4. The van der Waals surface area contributed by atoms with Gasteiger partial charge in [0.2, 0.25) is 0 Å². The minimum atomic E-state index is -0.270. The highest BCUT2D eigenvalue weighted by Gasteiger charge is 2.10. The van der Waals surface area contributed by atoms with Crippen molar-refractivity contribution < 1.29 is 9.53 Å². The number of hydrogen-bond acceptors (Lipinski definition) is 3. The highest BCUT2D eigenvalue weighted by Crippen LogP contribution is 2.27. The number of esters is 1. The van der Waals surface area contributed by atoms with Gasteiger partial charge in [0.1, 0.15) is 0 Å². The first-order chi connectivity index (χ1) is 6.72. The molecule has 1 heterocycles. The Kier molecular flexibility index (Phi) is 2.25. The molecule has 0 saturated heterocycles. The number of thiophene rings is 1. The Labute approximate surface area is 86.1 Å². The molecule has 2 nitrogen and oxygen atoms in total. The lowest BCUT2D eigenvalue weighted by molar-refractivity contribution is 0.0603. The van der Waals surface area contributed by atoms with Crippen LogP contribution >= 0.6 is 11.3 Å². The fourth-order valence-electron chi connectivity index (χ4n) is 1.48. The fraction of sp³-hybridized carbons (Fsp3) is 0.182. The minimum absolute atomic E-state index is 0.270. The van der Waals surface area contributed by atoms with E-state index in [9.17, 15) is 4.79 Å². The Morgan fingerprint density at radius 3 is 2.93 bits per heavy atom. The molecule has 3 heteroatoms. The van der Waals surface area contributed by atoms with E-state index in [1.54, 1.807) is 17.4 Å². The molecule has 0 atom stereocenters. The molecule has 0 amide bonds. The van der Waals surface area contributed by atoms with Gasteiger partial charge in [-0.2, -0.15) is 0 Å². The first-order valence-electron chi connectivity index (χ1n) is 4.30. The molecule has 0 unspecified atom stereocenters. The van der Waals surface area contributed by atoms with Gasteiger partial charge in [-0.1, -0.05) is 6.07 Å². The van der Waals surface area contributed by atoms with Crippen molar-refractivity contribution in [2.45, 2.75) is 6.92 Å². The van der Waals surface area contributed by atoms with Crippen molar-refractivity contribution in [3.05, 3.63) is 34.7 Å². The number of hydrogen-bond donors (Lipinski definition) is 0. The van der Waals surface area contributed by atoms with Gasteiger partial charge in [0, 0.05) is 15.0 Å². The summed E-state index contributed by atoms with van der Waals surface area (Å²) >= 11 is 1.69. The number of rotatable bonds is 1. The number of benzene rings is 1. The number of fused-ring (bicyclic) bond motifs is 1. The number of aryl methyl sites for hydroxylation is 1. The number of ether oxygens (including phenoxy) is 1. The molecular weight excluding hydrogens is 196 g/mol. The molecule has 0 fully saturated rings. The predicted octanol–water partition coefficient (Wildman–Crippen LogP) is 3.00. The maximum atomic E-state index is 11.4. The van der Waals surface area contributed by atoms with Crippen molar-refractivity contribution in [3.8, 4) is 0 Å². The summed E-state index contributed by atoms with van der Waals surface area (Å²) in [7, 11) is 1.40. The summed E-state index contributed by atoms with van der Waals surface area (Å²) in [6.07, 6.45) is 0. The summed E-state index contributed by atoms with van der Waals surface area (Å²) in [6, 6.07) is 7.70. The molecule has 0 radical (unpaired) electrons. The standard InChI is InChI=1S/C11H10O2S/c1-7-6-9-8(11(12)13-2)4-3-5-10(9)14-7/h3-6H,1-2H3. The predicted molar refractivity (Wildman–Crippen MR) is 57.9 cm³/mol. The van der Waals surface area contributed by atoms with E-state index in [-0.39, 0.29) is 5.97 Å². The van der Waals surface area contributed by atoms with E-state index in [1.165, 1.54) is 12.0 Å². The first kappa shape index (κ1) is 9.21. The average molecular weight is 206 g/mol. The van der Waals surface area contributed by atoms with E-state index in [1.807, 2.05) is 25.1 Å². The lowest BCUT2D eigenvalue weighted by Crippen LogP contribution is -2.00. The Bertz CT molecular complexity index is 485. The summed E-state index contributed by atoms with van der Waals surface area (Å²) in [4.78, 5) is 12.6. The van der Waals surface area contributed by atoms with Gasteiger partial charge in [0.05, 0.1) is 12.7 Å². The van der Waals surface area contributed by atoms with Gasteiger partial charge >= 0.3 is 5.97 Å². The van der Waals surface area contributed by atoms with Gasteiger partial charge < -0.3 is 4.74 Å². The molecule has 2 aromatic rings. The molecule has 1 aromatic carbocycles. The number of carbonyl (C=O) groups excluding carboxylic acids is 1. The summed E-state index contributed by atoms with van der Waals surface area (Å²) < 4.78 is 5.85. The molecule has 1 aromatic heterocycles. The van der Waals surface area contributed by atoms with E-state index in [0.29, 0.717) is 5.56 Å². The fourth-order valence-corrected chi connectivity index (χ4v) is 2.43. The largest absolute Gasteiger partial charge is 0.465 e. The maximum Gasteiger partial charge on any atom is 0.338 e. The third-order valence-electron chi connectivity index (χ3n) is 2.09. The lowest BCUT2D eigenvalue weighted by Gasteiger charge is -1.99. The Morgan fingerprint density at radius 1 is 1.43 bits per heavy atom. The van der Waals surface area contributed by atoms with Crippen LogP contribution in [0.3, 0.4) is 0 Å². The van der Waals surface area contributed by atoms with E-state index < -0.39 is 0 Å². The topological polar surface area (TPSA) is 26.3 Å². The average Bonchev–Trinajstić information content (AvgIpc) is 2.56. The van der Waals surface area contributed by atoms with E-state index in [4.69, 9.17) is 4.74 Å². The highest BCUT2D eigenvalue weighted by atomic mass is 32.1. The molecule has 14 heavy (non-hydrogen) atoms. The molecule has 0 aliphatic rings. The van der Waals surface area contributed by atoms with Crippen LogP contribution in [0.25, 0.3) is 10.1 Å². The molecule has 0 aliphatic heterocycles. The van der Waals surface area contributed by atoms with Crippen LogP contribution in [0.5, 0.6) is 0 Å². The highest BCUT2D eigenvalue weighted by molar-refractivity contribution is 7.19.